The molecule has 2 N–H and O–H groups in total. The van der Waals surface area contributed by atoms with Gasteiger partial charge in [-0.3, -0.25) is 0 Å². The molecule has 3 rings (SSSR count). The molecule has 2 heterocycles. The van der Waals surface area contributed by atoms with Crippen molar-refractivity contribution in [2.45, 2.75) is 13.5 Å². The van der Waals surface area contributed by atoms with Crippen LogP contribution in [0.1, 0.15) is 11.4 Å². The first-order valence-electron chi connectivity index (χ1n) is 5.60. The van der Waals surface area contributed by atoms with E-state index in [1.807, 2.05) is 25.1 Å². The minimum Gasteiger partial charge on any atom is -0.324 e. The molecule has 0 saturated carbocycles. The molecule has 0 aliphatic carbocycles. The number of fused-ring (bicyclic) bond motifs is 2. The molecule has 0 saturated heterocycles. The summed E-state index contributed by atoms with van der Waals surface area (Å²) in [7, 11) is 0. The number of nitrogens with zero attached hydrogens (tertiary/aromatic N) is 3. The number of aryl methyl sites for hydroxylation is 1. The molecule has 0 aliphatic heterocycles. The summed E-state index contributed by atoms with van der Waals surface area (Å²) in [5, 5.41) is 2.65. The molecule has 1 aromatic carbocycles. The Morgan fingerprint density at radius 3 is 2.83 bits per heavy atom. The minimum absolute atomic E-state index is 0.310. The molecule has 0 unspecified atom stereocenters. The van der Waals surface area contributed by atoms with E-state index in [9.17, 15) is 0 Å². The fourth-order valence-electron chi connectivity index (χ4n) is 1.94. The monoisotopic (exact) mass is 258 g/mol. The largest absolute Gasteiger partial charge is 0.324 e. The van der Waals surface area contributed by atoms with Crippen molar-refractivity contribution in [1.82, 2.24) is 15.0 Å². The first kappa shape index (κ1) is 11.3. The lowest BCUT2D eigenvalue weighted by Crippen LogP contribution is -2.03. The van der Waals surface area contributed by atoms with Crippen LogP contribution in [0.2, 0.25) is 5.02 Å². The fraction of sp³-hybridized carbons (Fsp3) is 0.154. The van der Waals surface area contributed by atoms with Gasteiger partial charge in [-0.15, -0.1) is 0 Å². The van der Waals surface area contributed by atoms with Crippen LogP contribution >= 0.6 is 11.6 Å². The second kappa shape index (κ2) is 4.15. The number of benzene rings is 1. The minimum atomic E-state index is 0.310. The quantitative estimate of drug-likeness (QED) is 0.682. The van der Waals surface area contributed by atoms with Crippen LogP contribution < -0.4 is 5.73 Å². The summed E-state index contributed by atoms with van der Waals surface area (Å²) in [4.78, 5) is 13.0. The van der Waals surface area contributed by atoms with Gasteiger partial charge in [0.2, 0.25) is 0 Å². The van der Waals surface area contributed by atoms with Gasteiger partial charge in [-0.1, -0.05) is 17.7 Å². The normalized spacial score (nSPS) is 11.3. The molecular formula is C13H11ClN4. The zero-order valence-electron chi connectivity index (χ0n) is 9.81. The summed E-state index contributed by atoms with van der Waals surface area (Å²) in [6, 6.07) is 5.84. The molecule has 2 aromatic heterocycles. The Bertz CT molecular complexity index is 755. The Morgan fingerprint density at radius 2 is 2.06 bits per heavy atom. The Hall–Kier alpha value is -1.78. The van der Waals surface area contributed by atoms with Crippen molar-refractivity contribution >= 4 is 33.5 Å². The van der Waals surface area contributed by atoms with E-state index in [2.05, 4.69) is 15.0 Å². The van der Waals surface area contributed by atoms with Crippen molar-refractivity contribution in [2.24, 2.45) is 5.73 Å². The second-order valence-electron chi connectivity index (χ2n) is 4.14. The average Bonchev–Trinajstić information content (AvgIpc) is 2.41. The number of rotatable bonds is 1. The highest BCUT2D eigenvalue weighted by atomic mass is 35.5. The van der Waals surface area contributed by atoms with E-state index in [-0.39, 0.29) is 0 Å². The fourth-order valence-corrected chi connectivity index (χ4v) is 2.09. The number of halogens is 1. The van der Waals surface area contributed by atoms with Crippen molar-refractivity contribution in [2.75, 3.05) is 0 Å². The number of hydrogen-bond donors (Lipinski definition) is 1. The van der Waals surface area contributed by atoms with Crippen molar-refractivity contribution < 1.29 is 0 Å². The van der Waals surface area contributed by atoms with Crippen LogP contribution in [-0.4, -0.2) is 15.0 Å². The van der Waals surface area contributed by atoms with Gasteiger partial charge in [-0.2, -0.15) is 0 Å². The molecule has 0 bridgehead atoms. The third-order valence-corrected chi connectivity index (χ3v) is 3.36. The predicted octanol–water partition coefficient (Wildman–Crippen LogP) is 2.60. The number of nitrogens with two attached hydrogens (primary N) is 1. The highest BCUT2D eigenvalue weighted by Gasteiger charge is 2.07. The third kappa shape index (κ3) is 1.70. The van der Waals surface area contributed by atoms with Crippen molar-refractivity contribution in [3.05, 3.63) is 40.8 Å². The molecule has 0 spiro atoms. The maximum atomic E-state index is 6.10. The van der Waals surface area contributed by atoms with Crippen LogP contribution in [0.4, 0.5) is 0 Å². The standard InChI is InChI=1S/C13H11ClN4/c1-7-10(14)3-2-8-4-9-6-16-11(5-15)17-13(9)18-12(7)8/h2-4,6H,5,15H2,1H3. The Kier molecular flexibility index (Phi) is 2.61. The van der Waals surface area contributed by atoms with Crippen LogP contribution in [0.25, 0.3) is 21.9 Å². The Morgan fingerprint density at radius 1 is 1.22 bits per heavy atom. The lowest BCUT2D eigenvalue weighted by molar-refractivity contribution is 0.922. The maximum Gasteiger partial charge on any atom is 0.163 e. The van der Waals surface area contributed by atoms with E-state index >= 15 is 0 Å². The van der Waals surface area contributed by atoms with Gasteiger partial charge in [0.15, 0.2) is 5.65 Å². The lowest BCUT2D eigenvalue weighted by Gasteiger charge is -2.05. The summed E-state index contributed by atoms with van der Waals surface area (Å²) < 4.78 is 0. The molecule has 0 amide bonds. The van der Waals surface area contributed by atoms with Crippen molar-refractivity contribution in [3.8, 4) is 0 Å². The molecule has 90 valence electrons. The molecule has 5 heteroatoms. The topological polar surface area (TPSA) is 64.7 Å². The van der Waals surface area contributed by atoms with E-state index in [0.717, 1.165) is 21.9 Å². The van der Waals surface area contributed by atoms with Crippen molar-refractivity contribution in [3.63, 3.8) is 0 Å². The van der Waals surface area contributed by atoms with Gasteiger partial charge in [0.05, 0.1) is 12.1 Å². The number of aromatic nitrogens is 3. The third-order valence-electron chi connectivity index (χ3n) is 2.95. The highest BCUT2D eigenvalue weighted by Crippen LogP contribution is 2.26. The number of hydrogen-bond acceptors (Lipinski definition) is 4. The first-order chi connectivity index (χ1) is 8.69. The van der Waals surface area contributed by atoms with Gasteiger partial charge in [0.25, 0.3) is 0 Å². The molecule has 4 nitrogen and oxygen atoms in total. The maximum absolute atomic E-state index is 6.10. The van der Waals surface area contributed by atoms with Crippen LogP contribution in [-0.2, 0) is 6.54 Å². The van der Waals surface area contributed by atoms with Crippen LogP contribution in [0.15, 0.2) is 24.4 Å². The van der Waals surface area contributed by atoms with E-state index in [4.69, 9.17) is 17.3 Å². The van der Waals surface area contributed by atoms with Gasteiger partial charge in [0.1, 0.15) is 5.82 Å². The molecule has 0 atom stereocenters. The summed E-state index contributed by atoms with van der Waals surface area (Å²) >= 11 is 6.10. The van der Waals surface area contributed by atoms with Crippen molar-refractivity contribution in [1.29, 1.82) is 0 Å². The molecular weight excluding hydrogens is 248 g/mol. The van der Waals surface area contributed by atoms with Crippen LogP contribution in [0, 0.1) is 6.92 Å². The zero-order valence-corrected chi connectivity index (χ0v) is 10.6. The van der Waals surface area contributed by atoms with E-state index in [0.29, 0.717) is 23.0 Å². The Balaban J connectivity index is 2.40. The molecule has 0 fully saturated rings. The zero-order chi connectivity index (χ0) is 12.7. The molecule has 0 aliphatic rings. The molecule has 3 aromatic rings. The molecule has 0 radical (unpaired) electrons. The van der Waals surface area contributed by atoms with Gasteiger partial charge in [-0.05, 0) is 24.6 Å². The summed E-state index contributed by atoms with van der Waals surface area (Å²) in [6.45, 7) is 2.26. The van der Waals surface area contributed by atoms with E-state index in [1.165, 1.54) is 0 Å². The van der Waals surface area contributed by atoms with Gasteiger partial charge >= 0.3 is 0 Å². The van der Waals surface area contributed by atoms with Gasteiger partial charge in [0, 0.05) is 22.0 Å². The summed E-state index contributed by atoms with van der Waals surface area (Å²) in [5.74, 6) is 0.592. The molecule has 18 heavy (non-hydrogen) atoms. The van der Waals surface area contributed by atoms with Gasteiger partial charge in [-0.25, -0.2) is 15.0 Å². The highest BCUT2D eigenvalue weighted by molar-refractivity contribution is 6.32. The first-order valence-corrected chi connectivity index (χ1v) is 5.98. The Labute approximate surface area is 109 Å². The van der Waals surface area contributed by atoms with E-state index < -0.39 is 0 Å². The smallest absolute Gasteiger partial charge is 0.163 e. The average molecular weight is 259 g/mol. The predicted molar refractivity (Wildman–Crippen MR) is 72.5 cm³/mol. The van der Waals surface area contributed by atoms with E-state index in [1.54, 1.807) is 6.20 Å². The second-order valence-corrected chi connectivity index (χ2v) is 4.54. The summed E-state index contributed by atoms with van der Waals surface area (Å²) in [5.41, 5.74) is 8.02. The SMILES string of the molecule is Cc1c(Cl)ccc2cc3cnc(CN)nc3nc12. The van der Waals surface area contributed by atoms with Gasteiger partial charge < -0.3 is 5.73 Å². The van der Waals surface area contributed by atoms with Crippen LogP contribution in [0.3, 0.4) is 0 Å². The number of pyridine rings is 1. The summed E-state index contributed by atoms with van der Waals surface area (Å²) in [6.07, 6.45) is 1.75. The lowest BCUT2D eigenvalue weighted by atomic mass is 10.1. The van der Waals surface area contributed by atoms with Crippen LogP contribution in [0.5, 0.6) is 0 Å².